The number of thiophene rings is 1. The summed E-state index contributed by atoms with van der Waals surface area (Å²) in [4.78, 5) is 6.04. The van der Waals surface area contributed by atoms with Gasteiger partial charge in [0.15, 0.2) is 0 Å². The number of benzene rings is 1. The van der Waals surface area contributed by atoms with E-state index in [1.807, 2.05) is 6.07 Å². The van der Waals surface area contributed by atoms with Crippen LogP contribution in [0.5, 0.6) is 0 Å². The topological polar surface area (TPSA) is 29.9 Å². The van der Waals surface area contributed by atoms with Crippen molar-refractivity contribution in [3.63, 3.8) is 0 Å². The van der Waals surface area contributed by atoms with E-state index in [4.69, 9.17) is 4.98 Å². The van der Waals surface area contributed by atoms with E-state index in [2.05, 4.69) is 69.4 Å². The molecule has 5 heteroatoms. The average molecular weight is 350 g/mol. The second kappa shape index (κ2) is 5.68. The van der Waals surface area contributed by atoms with Crippen molar-refractivity contribution in [3.8, 4) is 0 Å². The van der Waals surface area contributed by atoms with Gasteiger partial charge in [0.25, 0.3) is 0 Å². The lowest BCUT2D eigenvalue weighted by molar-refractivity contribution is 0.535. The molecule has 1 aromatic carbocycles. The first-order valence-corrected chi connectivity index (χ1v) is 8.20. The maximum absolute atomic E-state index is 4.73. The number of nitrogens with one attached hydrogen (secondary N) is 1. The van der Waals surface area contributed by atoms with Crippen molar-refractivity contribution in [1.82, 2.24) is 14.9 Å². The highest BCUT2D eigenvalue weighted by Crippen LogP contribution is 2.24. The Morgan fingerprint density at radius 1 is 1.35 bits per heavy atom. The fraction of sp³-hybridized carbons (Fsp3) is 0.267. The molecule has 0 saturated carbocycles. The molecule has 1 atom stereocenters. The van der Waals surface area contributed by atoms with Crippen LogP contribution in [0, 0.1) is 0 Å². The lowest BCUT2D eigenvalue weighted by atomic mass is 10.3. The monoisotopic (exact) mass is 349 g/mol. The predicted molar refractivity (Wildman–Crippen MR) is 88.0 cm³/mol. The van der Waals surface area contributed by atoms with Crippen LogP contribution >= 0.6 is 27.3 Å². The molecule has 0 fully saturated rings. The van der Waals surface area contributed by atoms with Crippen molar-refractivity contribution in [2.75, 3.05) is 0 Å². The third-order valence-corrected chi connectivity index (χ3v) is 5.40. The number of halogens is 1. The summed E-state index contributed by atoms with van der Waals surface area (Å²) < 4.78 is 3.34. The van der Waals surface area contributed by atoms with E-state index in [1.165, 1.54) is 14.9 Å². The van der Waals surface area contributed by atoms with Crippen LogP contribution in [0.2, 0.25) is 0 Å². The Labute approximate surface area is 130 Å². The largest absolute Gasteiger partial charge is 0.330 e. The Morgan fingerprint density at radius 2 is 2.15 bits per heavy atom. The molecule has 0 radical (unpaired) electrons. The van der Waals surface area contributed by atoms with Gasteiger partial charge in [-0.05, 0) is 46.4 Å². The Morgan fingerprint density at radius 3 is 2.85 bits per heavy atom. The van der Waals surface area contributed by atoms with Crippen LogP contribution in [-0.4, -0.2) is 9.55 Å². The number of nitrogens with zero attached hydrogens (tertiary/aromatic N) is 2. The Hall–Kier alpha value is -1.17. The highest BCUT2D eigenvalue weighted by molar-refractivity contribution is 9.10. The van der Waals surface area contributed by atoms with Gasteiger partial charge in [-0.1, -0.05) is 12.1 Å². The number of hydrogen-bond acceptors (Lipinski definition) is 3. The van der Waals surface area contributed by atoms with Gasteiger partial charge in [-0.25, -0.2) is 4.98 Å². The summed E-state index contributed by atoms with van der Waals surface area (Å²) in [5.41, 5.74) is 2.23. The van der Waals surface area contributed by atoms with E-state index < -0.39 is 0 Å². The fourth-order valence-corrected chi connectivity index (χ4v) is 3.78. The molecule has 0 aliphatic heterocycles. The second-order valence-corrected chi connectivity index (χ2v) is 6.67. The van der Waals surface area contributed by atoms with Crippen LogP contribution in [0.1, 0.15) is 23.7 Å². The third kappa shape index (κ3) is 2.53. The molecule has 1 unspecified atom stereocenters. The molecule has 0 aliphatic rings. The minimum Gasteiger partial charge on any atom is -0.330 e. The van der Waals surface area contributed by atoms with Crippen molar-refractivity contribution in [2.24, 2.45) is 7.05 Å². The first-order chi connectivity index (χ1) is 9.66. The Bertz CT molecular complexity index is 732. The normalized spacial score (nSPS) is 12.9. The number of hydrogen-bond donors (Lipinski definition) is 1. The summed E-state index contributed by atoms with van der Waals surface area (Å²) in [6, 6.07) is 10.5. The summed E-state index contributed by atoms with van der Waals surface area (Å²) in [7, 11) is 2.07. The summed E-state index contributed by atoms with van der Waals surface area (Å²) in [5, 5.41) is 5.64. The van der Waals surface area contributed by atoms with E-state index in [1.54, 1.807) is 11.3 Å². The van der Waals surface area contributed by atoms with E-state index in [0.29, 0.717) is 0 Å². The smallest absolute Gasteiger partial charge is 0.126 e. The highest BCUT2D eigenvalue weighted by atomic mass is 79.9. The van der Waals surface area contributed by atoms with Crippen molar-refractivity contribution < 1.29 is 0 Å². The number of aryl methyl sites for hydroxylation is 1. The number of aromatic nitrogens is 2. The van der Waals surface area contributed by atoms with Crippen LogP contribution < -0.4 is 5.32 Å². The zero-order chi connectivity index (χ0) is 14.1. The summed E-state index contributed by atoms with van der Waals surface area (Å²) in [6.45, 7) is 3.01. The van der Waals surface area contributed by atoms with Gasteiger partial charge in [0, 0.05) is 22.9 Å². The van der Waals surface area contributed by atoms with Gasteiger partial charge < -0.3 is 9.88 Å². The minimum atomic E-state index is 0.210. The fourth-order valence-electron chi connectivity index (χ4n) is 2.34. The lowest BCUT2D eigenvalue weighted by Gasteiger charge is -2.13. The van der Waals surface area contributed by atoms with Crippen molar-refractivity contribution in [2.45, 2.75) is 19.5 Å². The Kier molecular flexibility index (Phi) is 3.92. The molecule has 3 nitrogen and oxygen atoms in total. The first-order valence-electron chi connectivity index (χ1n) is 6.53. The van der Waals surface area contributed by atoms with Crippen LogP contribution in [0.15, 0.2) is 40.2 Å². The molecule has 3 aromatic rings. The van der Waals surface area contributed by atoms with Gasteiger partial charge in [-0.3, -0.25) is 0 Å². The second-order valence-electron chi connectivity index (χ2n) is 4.81. The Balaban J connectivity index is 1.80. The molecule has 0 bridgehead atoms. The molecule has 2 heterocycles. The summed E-state index contributed by atoms with van der Waals surface area (Å²) in [6.07, 6.45) is 0. The van der Waals surface area contributed by atoms with Crippen LogP contribution in [0.25, 0.3) is 11.0 Å². The highest BCUT2D eigenvalue weighted by Gasteiger charge is 2.14. The quantitative estimate of drug-likeness (QED) is 0.762. The molecular weight excluding hydrogens is 334 g/mol. The number of rotatable bonds is 4. The maximum Gasteiger partial charge on any atom is 0.126 e. The lowest BCUT2D eigenvalue weighted by Crippen LogP contribution is -2.20. The van der Waals surface area contributed by atoms with Gasteiger partial charge in [-0.15, -0.1) is 11.3 Å². The molecule has 1 N–H and O–H groups in total. The summed E-state index contributed by atoms with van der Waals surface area (Å²) >= 11 is 5.32. The predicted octanol–water partition coefficient (Wildman–Crippen LogP) is 4.25. The van der Waals surface area contributed by atoms with Crippen LogP contribution in [-0.2, 0) is 13.6 Å². The van der Waals surface area contributed by atoms with E-state index in [9.17, 15) is 0 Å². The van der Waals surface area contributed by atoms with E-state index >= 15 is 0 Å². The molecule has 0 aliphatic carbocycles. The van der Waals surface area contributed by atoms with E-state index in [-0.39, 0.29) is 6.04 Å². The van der Waals surface area contributed by atoms with Gasteiger partial charge >= 0.3 is 0 Å². The standard InChI is InChI=1S/C15H16BrN3S/c1-10(17-9-14-11(16)7-8-20-14)15-18-12-5-3-4-6-13(12)19(15)2/h3-8,10,17H,9H2,1-2H3. The van der Waals surface area contributed by atoms with Gasteiger partial charge in [0.05, 0.1) is 17.1 Å². The number of para-hydroxylation sites is 2. The summed E-state index contributed by atoms with van der Waals surface area (Å²) in [5.74, 6) is 1.07. The number of fused-ring (bicyclic) bond motifs is 1. The first kappa shape index (κ1) is 13.8. The van der Waals surface area contributed by atoms with Crippen molar-refractivity contribution in [1.29, 1.82) is 0 Å². The SMILES string of the molecule is CC(NCc1sccc1Br)c1nc2ccccc2n1C. The maximum atomic E-state index is 4.73. The molecule has 104 valence electrons. The molecule has 2 aromatic heterocycles. The number of imidazole rings is 1. The minimum absolute atomic E-state index is 0.210. The van der Waals surface area contributed by atoms with Crippen molar-refractivity contribution in [3.05, 3.63) is 50.9 Å². The van der Waals surface area contributed by atoms with Crippen LogP contribution in [0.4, 0.5) is 0 Å². The molecule has 0 saturated heterocycles. The average Bonchev–Trinajstić information content (AvgIpc) is 3.01. The van der Waals surface area contributed by atoms with Gasteiger partial charge in [0.1, 0.15) is 5.82 Å². The zero-order valence-electron chi connectivity index (χ0n) is 11.4. The zero-order valence-corrected chi connectivity index (χ0v) is 13.8. The van der Waals surface area contributed by atoms with Gasteiger partial charge in [0.2, 0.25) is 0 Å². The van der Waals surface area contributed by atoms with E-state index in [0.717, 1.165) is 17.9 Å². The molecule has 3 rings (SSSR count). The molecular formula is C15H16BrN3S. The molecule has 0 amide bonds. The molecule has 0 spiro atoms. The molecule has 20 heavy (non-hydrogen) atoms. The third-order valence-electron chi connectivity index (χ3n) is 3.47. The van der Waals surface area contributed by atoms with Crippen molar-refractivity contribution >= 4 is 38.3 Å². The van der Waals surface area contributed by atoms with Crippen LogP contribution in [0.3, 0.4) is 0 Å². The van der Waals surface area contributed by atoms with Gasteiger partial charge in [-0.2, -0.15) is 0 Å².